The number of aliphatic hydroxyl groups excluding tert-OH is 1. The third-order valence-corrected chi connectivity index (χ3v) is 10.6. The van der Waals surface area contributed by atoms with Crippen LogP contribution in [0.2, 0.25) is 0 Å². The fourth-order valence-corrected chi connectivity index (χ4v) is 7.55. The van der Waals surface area contributed by atoms with Gasteiger partial charge in [0.1, 0.15) is 12.6 Å². The van der Waals surface area contributed by atoms with Gasteiger partial charge in [-0.3, -0.25) is 14.5 Å². The van der Waals surface area contributed by atoms with Crippen molar-refractivity contribution >= 4 is 17.9 Å². The number of alkyl carbamates (subject to hydrolysis) is 1. The Morgan fingerprint density at radius 2 is 1.46 bits per heavy atom. The minimum atomic E-state index is -0.964. The summed E-state index contributed by atoms with van der Waals surface area (Å²) in [4.78, 5) is 42.2. The van der Waals surface area contributed by atoms with Gasteiger partial charge in [-0.25, -0.2) is 4.79 Å². The average Bonchev–Trinajstić information content (AvgIpc) is 3.45. The van der Waals surface area contributed by atoms with E-state index in [2.05, 4.69) is 10.2 Å². The molecule has 3 heterocycles. The summed E-state index contributed by atoms with van der Waals surface area (Å²) in [6.07, 6.45) is 5.56. The maximum atomic E-state index is 13.2. The normalized spacial score (nSPS) is 22.4. The first kappa shape index (κ1) is 37.4. The Labute approximate surface area is 317 Å². The molecule has 0 spiro atoms. The van der Waals surface area contributed by atoms with Crippen molar-refractivity contribution < 1.29 is 33.7 Å². The number of carbonyl (C=O) groups excluding carboxylic acids is 3. The molecule has 3 aliphatic heterocycles. The lowest BCUT2D eigenvalue weighted by atomic mass is 9.98. The number of aliphatic hydroxyl groups is 1. The molecule has 7 rings (SSSR count). The van der Waals surface area contributed by atoms with E-state index in [0.29, 0.717) is 0 Å². The van der Waals surface area contributed by atoms with E-state index >= 15 is 0 Å². The summed E-state index contributed by atoms with van der Waals surface area (Å²) in [5, 5.41) is 12.1. The molecule has 54 heavy (non-hydrogen) atoms. The minimum absolute atomic E-state index is 0.00471. The lowest BCUT2D eigenvalue weighted by molar-refractivity contribution is -0.253. The molecular weight excluding hydrogens is 682 g/mol. The van der Waals surface area contributed by atoms with Crippen LogP contribution in [0, 0.1) is 0 Å². The van der Waals surface area contributed by atoms with Crippen LogP contribution in [-0.4, -0.2) is 64.6 Å². The highest BCUT2D eigenvalue weighted by molar-refractivity contribution is 6.06. The quantitative estimate of drug-likeness (QED) is 0.156. The molecule has 3 fully saturated rings. The Morgan fingerprint density at radius 1 is 0.759 bits per heavy atom. The molecule has 282 valence electrons. The van der Waals surface area contributed by atoms with E-state index in [1.54, 1.807) is 0 Å². The van der Waals surface area contributed by atoms with E-state index in [9.17, 15) is 19.5 Å². The molecule has 4 atom stereocenters. The van der Waals surface area contributed by atoms with Gasteiger partial charge in [-0.05, 0) is 65.4 Å². The second-order valence-corrected chi connectivity index (χ2v) is 14.5. The summed E-state index contributed by atoms with van der Waals surface area (Å²) in [5.41, 5.74) is 6.42. The van der Waals surface area contributed by atoms with Crippen molar-refractivity contribution in [2.24, 2.45) is 0 Å². The van der Waals surface area contributed by atoms with Gasteiger partial charge in [0.05, 0.1) is 31.8 Å². The number of rotatable bonds is 11. The Balaban J connectivity index is 0.999. The van der Waals surface area contributed by atoms with E-state index in [4.69, 9.17) is 14.2 Å². The minimum Gasteiger partial charge on any atom is -0.445 e. The topological polar surface area (TPSA) is 118 Å². The second-order valence-electron chi connectivity index (χ2n) is 14.5. The SMILES string of the molecule is O=C(NC1CC(=O)N(Cc2cccc(-c3ccc([C@@H]4O[C@H](CN5CCCCCCC5)C[C@H](c5ccc(CO)cc5)O4)cc3)c2)C1=O)OCc1ccccc1. The van der Waals surface area contributed by atoms with Crippen LogP contribution in [0.3, 0.4) is 0 Å². The van der Waals surface area contributed by atoms with E-state index in [-0.39, 0.29) is 44.3 Å². The number of carbonyl (C=O) groups is 3. The highest BCUT2D eigenvalue weighted by Gasteiger charge is 2.40. The number of likely N-dealkylation sites (tertiary alicyclic amines) is 2. The van der Waals surface area contributed by atoms with Crippen LogP contribution in [0.15, 0.2) is 103 Å². The van der Waals surface area contributed by atoms with Crippen molar-refractivity contribution in [3.63, 3.8) is 0 Å². The molecule has 4 aromatic carbocycles. The zero-order chi connectivity index (χ0) is 37.3. The standard InChI is InChI=1S/C44H49N3O7/c48-29-31-14-16-35(17-15-31)40-25-38(28-46-22-7-2-1-3-8-23-46)53-43(54-40)36-20-18-34(19-21-36)37-13-9-12-33(24-37)27-47-41(49)26-39(42(47)50)45-44(51)52-30-32-10-5-4-6-11-32/h4-6,9-21,24,38-40,43,48H,1-3,7-8,22-23,25-30H2,(H,45,51)/t38-,39?,40+,43+/m0/s1. The molecular formula is C44H49N3O7. The maximum absolute atomic E-state index is 13.2. The largest absolute Gasteiger partial charge is 0.445 e. The predicted octanol–water partition coefficient (Wildman–Crippen LogP) is 7.21. The number of amides is 3. The van der Waals surface area contributed by atoms with Crippen molar-refractivity contribution in [1.29, 1.82) is 0 Å². The van der Waals surface area contributed by atoms with Crippen LogP contribution in [-0.2, 0) is 43.6 Å². The van der Waals surface area contributed by atoms with Crippen LogP contribution in [0.1, 0.15) is 85.2 Å². The number of hydrogen-bond acceptors (Lipinski definition) is 8. The lowest BCUT2D eigenvalue weighted by Crippen LogP contribution is -2.41. The predicted molar refractivity (Wildman–Crippen MR) is 204 cm³/mol. The lowest BCUT2D eigenvalue weighted by Gasteiger charge is -2.38. The number of nitrogens with one attached hydrogen (secondary N) is 1. The van der Waals surface area contributed by atoms with E-state index < -0.39 is 24.3 Å². The molecule has 0 aliphatic carbocycles. The van der Waals surface area contributed by atoms with Gasteiger partial charge in [-0.1, -0.05) is 116 Å². The molecule has 0 saturated carbocycles. The zero-order valence-corrected chi connectivity index (χ0v) is 30.6. The van der Waals surface area contributed by atoms with Gasteiger partial charge in [-0.2, -0.15) is 0 Å². The Hall–Kier alpha value is -4.87. The van der Waals surface area contributed by atoms with Gasteiger partial charge in [-0.15, -0.1) is 0 Å². The van der Waals surface area contributed by atoms with E-state index in [1.165, 1.54) is 37.0 Å². The number of imide groups is 1. The summed E-state index contributed by atoms with van der Waals surface area (Å²) in [6, 6.07) is 32.2. The van der Waals surface area contributed by atoms with E-state index in [1.807, 2.05) is 103 Å². The maximum Gasteiger partial charge on any atom is 0.408 e. The van der Waals surface area contributed by atoms with E-state index in [0.717, 1.165) is 65.0 Å². The van der Waals surface area contributed by atoms with Gasteiger partial charge in [0.15, 0.2) is 6.29 Å². The van der Waals surface area contributed by atoms with Gasteiger partial charge >= 0.3 is 6.09 Å². The summed E-state index contributed by atoms with van der Waals surface area (Å²) in [6.45, 7) is 3.23. The first-order valence-corrected chi connectivity index (χ1v) is 19.2. The Kier molecular flexibility index (Phi) is 12.5. The van der Waals surface area contributed by atoms with Gasteiger partial charge in [0.25, 0.3) is 5.91 Å². The van der Waals surface area contributed by atoms with Crippen LogP contribution in [0.5, 0.6) is 0 Å². The van der Waals surface area contributed by atoms with Gasteiger partial charge in [0, 0.05) is 18.5 Å². The fraction of sp³-hybridized carbons (Fsp3) is 0.386. The Morgan fingerprint density at radius 3 is 2.20 bits per heavy atom. The zero-order valence-electron chi connectivity index (χ0n) is 30.6. The van der Waals surface area contributed by atoms with Crippen molar-refractivity contribution in [2.45, 2.75) is 89.2 Å². The van der Waals surface area contributed by atoms with Crippen LogP contribution in [0.4, 0.5) is 4.79 Å². The molecule has 10 nitrogen and oxygen atoms in total. The number of ether oxygens (including phenoxy) is 3. The monoisotopic (exact) mass is 731 g/mol. The molecule has 3 aliphatic rings. The Bertz CT molecular complexity index is 1860. The molecule has 0 aromatic heterocycles. The molecule has 3 amide bonds. The van der Waals surface area contributed by atoms with Crippen LogP contribution in [0.25, 0.3) is 11.1 Å². The summed E-state index contributed by atoms with van der Waals surface area (Å²) in [7, 11) is 0. The highest BCUT2D eigenvalue weighted by Crippen LogP contribution is 2.39. The first-order chi connectivity index (χ1) is 26.4. The van der Waals surface area contributed by atoms with Crippen molar-refractivity contribution in [1.82, 2.24) is 15.1 Å². The van der Waals surface area contributed by atoms with Gasteiger partial charge in [0.2, 0.25) is 5.91 Å². The summed E-state index contributed by atoms with van der Waals surface area (Å²) in [5.74, 6) is -0.797. The fourth-order valence-electron chi connectivity index (χ4n) is 7.55. The van der Waals surface area contributed by atoms with Gasteiger partial charge < -0.3 is 29.5 Å². The third kappa shape index (κ3) is 9.62. The molecule has 0 radical (unpaired) electrons. The van der Waals surface area contributed by atoms with Crippen LogP contribution >= 0.6 is 0 Å². The first-order valence-electron chi connectivity index (χ1n) is 19.2. The van der Waals surface area contributed by atoms with Crippen molar-refractivity contribution in [3.05, 3.63) is 131 Å². The molecule has 3 saturated heterocycles. The third-order valence-electron chi connectivity index (χ3n) is 10.6. The molecule has 4 aromatic rings. The number of benzene rings is 4. The molecule has 0 bridgehead atoms. The summed E-state index contributed by atoms with van der Waals surface area (Å²) < 4.78 is 18.5. The number of nitrogens with zero attached hydrogens (tertiary/aromatic N) is 2. The van der Waals surface area contributed by atoms with Crippen molar-refractivity contribution in [2.75, 3.05) is 19.6 Å². The van der Waals surface area contributed by atoms with Crippen molar-refractivity contribution in [3.8, 4) is 11.1 Å². The molecule has 1 unspecified atom stereocenters. The summed E-state index contributed by atoms with van der Waals surface area (Å²) >= 11 is 0. The second kappa shape index (κ2) is 18.0. The molecule has 2 N–H and O–H groups in total. The van der Waals surface area contributed by atoms with Crippen LogP contribution < -0.4 is 5.32 Å². The highest BCUT2D eigenvalue weighted by atomic mass is 16.7. The average molecular weight is 732 g/mol. The smallest absolute Gasteiger partial charge is 0.408 e. The number of hydrogen-bond donors (Lipinski definition) is 2. The molecule has 10 heteroatoms.